The molecule has 0 spiro atoms. The SMILES string of the molecule is COc1ccc(-c2csc(NC(=O)C3CCCN3S(C)(=O)=O)n2)cc1OC. The quantitative estimate of drug-likeness (QED) is 0.783. The highest BCUT2D eigenvalue weighted by Crippen LogP contribution is 2.33. The Morgan fingerprint density at radius 1 is 1.30 bits per heavy atom. The van der Waals surface area contributed by atoms with Crippen molar-refractivity contribution < 1.29 is 22.7 Å². The zero-order valence-corrected chi connectivity index (χ0v) is 16.9. The van der Waals surface area contributed by atoms with Gasteiger partial charge in [0.15, 0.2) is 16.6 Å². The Morgan fingerprint density at radius 2 is 2.04 bits per heavy atom. The van der Waals surface area contributed by atoms with Gasteiger partial charge < -0.3 is 14.8 Å². The summed E-state index contributed by atoms with van der Waals surface area (Å²) in [6.07, 6.45) is 2.30. The van der Waals surface area contributed by atoms with E-state index in [1.165, 1.54) is 15.6 Å². The topological polar surface area (TPSA) is 97.8 Å². The molecule has 2 aromatic rings. The minimum Gasteiger partial charge on any atom is -0.493 e. The Bertz CT molecular complexity index is 942. The minimum atomic E-state index is -3.41. The first-order chi connectivity index (χ1) is 12.8. The van der Waals surface area contributed by atoms with E-state index < -0.39 is 16.1 Å². The average molecular weight is 412 g/mol. The summed E-state index contributed by atoms with van der Waals surface area (Å²) in [5, 5.41) is 4.97. The number of hydrogen-bond acceptors (Lipinski definition) is 7. The molecule has 1 atom stereocenters. The van der Waals surface area contributed by atoms with Crippen LogP contribution in [0.3, 0.4) is 0 Å². The van der Waals surface area contributed by atoms with Crippen LogP contribution in [0.25, 0.3) is 11.3 Å². The van der Waals surface area contributed by atoms with Crippen molar-refractivity contribution in [1.82, 2.24) is 9.29 Å². The summed E-state index contributed by atoms with van der Waals surface area (Å²) in [6, 6.07) is 4.76. The Hall–Kier alpha value is -2.17. The highest BCUT2D eigenvalue weighted by atomic mass is 32.2. The number of anilines is 1. The van der Waals surface area contributed by atoms with Crippen LogP contribution in [0.4, 0.5) is 5.13 Å². The van der Waals surface area contributed by atoms with Crippen molar-refractivity contribution in [2.24, 2.45) is 0 Å². The van der Waals surface area contributed by atoms with E-state index in [1.807, 2.05) is 17.5 Å². The molecule has 10 heteroatoms. The van der Waals surface area contributed by atoms with E-state index in [9.17, 15) is 13.2 Å². The van der Waals surface area contributed by atoms with Crippen LogP contribution in [0.15, 0.2) is 23.6 Å². The van der Waals surface area contributed by atoms with Gasteiger partial charge in [-0.3, -0.25) is 4.79 Å². The van der Waals surface area contributed by atoms with Gasteiger partial charge in [-0.15, -0.1) is 11.3 Å². The van der Waals surface area contributed by atoms with E-state index in [4.69, 9.17) is 9.47 Å². The Morgan fingerprint density at radius 3 is 2.70 bits per heavy atom. The lowest BCUT2D eigenvalue weighted by Gasteiger charge is -2.20. The van der Waals surface area contributed by atoms with E-state index in [1.54, 1.807) is 20.3 Å². The van der Waals surface area contributed by atoms with Gasteiger partial charge in [0.05, 0.1) is 26.2 Å². The highest BCUT2D eigenvalue weighted by molar-refractivity contribution is 7.88. The number of nitrogens with one attached hydrogen (secondary N) is 1. The monoisotopic (exact) mass is 411 g/mol. The number of rotatable bonds is 6. The lowest BCUT2D eigenvalue weighted by molar-refractivity contribution is -0.119. The molecular weight excluding hydrogens is 390 g/mol. The van der Waals surface area contributed by atoms with Crippen molar-refractivity contribution in [3.63, 3.8) is 0 Å². The van der Waals surface area contributed by atoms with Crippen LogP contribution in [-0.2, 0) is 14.8 Å². The first kappa shape index (κ1) is 19.6. The van der Waals surface area contributed by atoms with Crippen LogP contribution in [0.5, 0.6) is 11.5 Å². The second-order valence-corrected chi connectivity index (χ2v) is 8.92. The van der Waals surface area contributed by atoms with Crippen molar-refractivity contribution in [1.29, 1.82) is 0 Å². The summed E-state index contributed by atoms with van der Waals surface area (Å²) >= 11 is 1.28. The largest absolute Gasteiger partial charge is 0.493 e. The maximum absolute atomic E-state index is 12.5. The molecule has 1 aliphatic rings. The number of hydrogen-bond donors (Lipinski definition) is 1. The molecule has 1 aromatic heterocycles. The van der Waals surface area contributed by atoms with E-state index in [-0.39, 0.29) is 5.91 Å². The van der Waals surface area contributed by atoms with Crippen LogP contribution in [0.2, 0.25) is 0 Å². The van der Waals surface area contributed by atoms with Crippen LogP contribution in [0, 0.1) is 0 Å². The van der Waals surface area contributed by atoms with Gasteiger partial charge in [0.2, 0.25) is 15.9 Å². The van der Waals surface area contributed by atoms with Crippen molar-refractivity contribution in [3.8, 4) is 22.8 Å². The van der Waals surface area contributed by atoms with Crippen LogP contribution in [-0.4, -0.2) is 56.7 Å². The van der Waals surface area contributed by atoms with Crippen molar-refractivity contribution >= 4 is 32.4 Å². The third-order valence-corrected chi connectivity index (χ3v) is 6.39. The van der Waals surface area contributed by atoms with Crippen LogP contribution >= 0.6 is 11.3 Å². The Kier molecular flexibility index (Phi) is 5.68. The zero-order chi connectivity index (χ0) is 19.6. The van der Waals surface area contributed by atoms with Gasteiger partial charge in [-0.25, -0.2) is 13.4 Å². The number of sulfonamides is 1. The molecule has 0 radical (unpaired) electrons. The third-order valence-electron chi connectivity index (χ3n) is 4.35. The van der Waals surface area contributed by atoms with Crippen molar-refractivity contribution in [2.75, 3.05) is 32.3 Å². The lowest BCUT2D eigenvalue weighted by atomic mass is 10.1. The molecule has 1 N–H and O–H groups in total. The highest BCUT2D eigenvalue weighted by Gasteiger charge is 2.36. The normalized spacial score (nSPS) is 17.7. The Balaban J connectivity index is 1.76. The molecule has 1 fully saturated rings. The molecule has 1 aliphatic heterocycles. The van der Waals surface area contributed by atoms with Gasteiger partial charge >= 0.3 is 0 Å². The standard InChI is InChI=1S/C17H21N3O5S2/c1-24-14-7-6-11(9-15(14)25-2)12-10-26-17(18-12)19-16(21)13-5-4-8-20(13)27(3,22)23/h6-7,9-10,13H,4-5,8H2,1-3H3,(H,18,19,21). The number of nitrogens with zero attached hydrogens (tertiary/aromatic N) is 2. The molecule has 1 amide bonds. The van der Waals surface area contributed by atoms with E-state index in [2.05, 4.69) is 10.3 Å². The van der Waals surface area contributed by atoms with E-state index >= 15 is 0 Å². The summed E-state index contributed by atoms with van der Waals surface area (Å²) in [5.74, 6) is 0.849. The number of thiazole rings is 1. The molecule has 1 aromatic carbocycles. The fourth-order valence-corrected chi connectivity index (χ4v) is 4.89. The van der Waals surface area contributed by atoms with Crippen molar-refractivity contribution in [3.05, 3.63) is 23.6 Å². The Labute approximate surface area is 162 Å². The molecule has 1 unspecified atom stereocenters. The van der Waals surface area contributed by atoms with Gasteiger partial charge in [0.1, 0.15) is 6.04 Å². The van der Waals surface area contributed by atoms with Crippen LogP contribution < -0.4 is 14.8 Å². The lowest BCUT2D eigenvalue weighted by Crippen LogP contribution is -2.42. The first-order valence-corrected chi connectivity index (χ1v) is 11.0. The predicted molar refractivity (Wildman–Crippen MR) is 104 cm³/mol. The van der Waals surface area contributed by atoms with E-state index in [0.29, 0.717) is 41.7 Å². The predicted octanol–water partition coefficient (Wildman–Crippen LogP) is 2.19. The molecule has 27 heavy (non-hydrogen) atoms. The number of benzene rings is 1. The summed E-state index contributed by atoms with van der Waals surface area (Å²) < 4.78 is 35.4. The van der Waals surface area contributed by atoms with Gasteiger partial charge in [-0.2, -0.15) is 4.31 Å². The summed E-state index contributed by atoms with van der Waals surface area (Å²) in [7, 11) is -0.286. The fraction of sp³-hybridized carbons (Fsp3) is 0.412. The van der Waals surface area contributed by atoms with Crippen molar-refractivity contribution in [2.45, 2.75) is 18.9 Å². The van der Waals surface area contributed by atoms with Gasteiger partial charge in [0.25, 0.3) is 0 Å². The van der Waals surface area contributed by atoms with E-state index in [0.717, 1.165) is 11.8 Å². The molecule has 3 rings (SSSR count). The number of amides is 1. The molecular formula is C17H21N3O5S2. The average Bonchev–Trinajstić information content (AvgIpc) is 3.30. The second-order valence-electron chi connectivity index (χ2n) is 6.13. The zero-order valence-electron chi connectivity index (χ0n) is 15.3. The minimum absolute atomic E-state index is 0.355. The van der Waals surface area contributed by atoms with Gasteiger partial charge in [-0.05, 0) is 31.0 Å². The summed E-state index contributed by atoms with van der Waals surface area (Å²) in [4.78, 5) is 16.9. The summed E-state index contributed by atoms with van der Waals surface area (Å²) in [6.45, 7) is 0.367. The molecule has 8 nitrogen and oxygen atoms in total. The van der Waals surface area contributed by atoms with Gasteiger partial charge in [0, 0.05) is 17.5 Å². The first-order valence-electron chi connectivity index (χ1n) is 8.29. The number of aromatic nitrogens is 1. The molecule has 0 saturated carbocycles. The number of ether oxygens (including phenoxy) is 2. The number of carbonyl (C=O) groups is 1. The maximum Gasteiger partial charge on any atom is 0.244 e. The molecule has 1 saturated heterocycles. The molecule has 0 bridgehead atoms. The number of methoxy groups -OCH3 is 2. The van der Waals surface area contributed by atoms with Gasteiger partial charge in [-0.1, -0.05) is 0 Å². The number of carbonyl (C=O) groups excluding carboxylic acids is 1. The van der Waals surface area contributed by atoms with Crippen LogP contribution in [0.1, 0.15) is 12.8 Å². The molecule has 0 aliphatic carbocycles. The maximum atomic E-state index is 12.5. The fourth-order valence-electron chi connectivity index (χ4n) is 3.05. The smallest absolute Gasteiger partial charge is 0.244 e. The second kappa shape index (κ2) is 7.83. The molecule has 2 heterocycles. The third kappa shape index (κ3) is 4.23. The molecule has 146 valence electrons. The summed E-state index contributed by atoms with van der Waals surface area (Å²) in [5.41, 5.74) is 1.51.